The quantitative estimate of drug-likeness (QED) is 0.686. The topological polar surface area (TPSA) is 41.1 Å². The Morgan fingerprint density at radius 3 is 2.67 bits per heavy atom. The van der Waals surface area contributed by atoms with Crippen molar-refractivity contribution in [1.29, 1.82) is 0 Å². The summed E-state index contributed by atoms with van der Waals surface area (Å²) in [5.74, 6) is 0. The van der Waals surface area contributed by atoms with Crippen LogP contribution in [0.15, 0.2) is 18.2 Å². The molecule has 1 heterocycles. The van der Waals surface area contributed by atoms with Gasteiger partial charge >= 0.3 is 12.2 Å². The minimum Gasteiger partial charge on any atom is -0.334 e. The van der Waals surface area contributed by atoms with E-state index in [9.17, 15) is 18.0 Å². The number of hydrogen-bond donors (Lipinski definition) is 2. The maximum absolute atomic E-state index is 12.3. The number of nitrogens with one attached hydrogen (secondary N) is 2. The van der Waals surface area contributed by atoms with Gasteiger partial charge in [-0.3, -0.25) is 0 Å². The Bertz CT molecular complexity index is 414. The van der Waals surface area contributed by atoms with Gasteiger partial charge in [-0.1, -0.05) is 0 Å². The lowest BCUT2D eigenvalue weighted by molar-refractivity contribution is -0.137. The molecule has 0 saturated carbocycles. The molecule has 6 heteroatoms. The predicted octanol–water partition coefficient (Wildman–Crippen LogP) is 2.34. The number of amides is 2. The number of carbonyl (C=O) groups is 1. The smallest absolute Gasteiger partial charge is 0.334 e. The summed E-state index contributed by atoms with van der Waals surface area (Å²) >= 11 is 0. The van der Waals surface area contributed by atoms with E-state index in [-0.39, 0.29) is 6.54 Å². The lowest BCUT2D eigenvalue weighted by atomic mass is 10.1. The first-order valence-electron chi connectivity index (χ1n) is 4.22. The van der Waals surface area contributed by atoms with E-state index >= 15 is 0 Å². The highest BCUT2D eigenvalue weighted by molar-refractivity contribution is 5.92. The average molecular weight is 216 g/mol. The van der Waals surface area contributed by atoms with Crippen molar-refractivity contribution in [2.24, 2.45) is 0 Å². The molecule has 1 aromatic carbocycles. The monoisotopic (exact) mass is 216 g/mol. The summed E-state index contributed by atoms with van der Waals surface area (Å²) in [5, 5.41) is 4.82. The molecule has 0 atom stereocenters. The van der Waals surface area contributed by atoms with Crippen LogP contribution in [0.5, 0.6) is 0 Å². The Morgan fingerprint density at radius 2 is 2.00 bits per heavy atom. The van der Waals surface area contributed by atoms with Crippen molar-refractivity contribution >= 4 is 11.7 Å². The standard InChI is InChI=1S/C9H7F3N2O/c10-9(11,12)6-1-2-7-5(3-6)4-13-8(15)14-7/h1-3H,4H2,(H2,13,14,15). The SMILES string of the molecule is O=C1NCc2cc(C(F)(F)F)ccc2N1. The van der Waals surface area contributed by atoms with Crippen molar-refractivity contribution in [2.45, 2.75) is 12.7 Å². The molecule has 0 unspecified atom stereocenters. The molecule has 15 heavy (non-hydrogen) atoms. The van der Waals surface area contributed by atoms with Crippen LogP contribution in [0.3, 0.4) is 0 Å². The van der Waals surface area contributed by atoms with Crippen molar-refractivity contribution in [1.82, 2.24) is 5.32 Å². The van der Waals surface area contributed by atoms with E-state index in [1.54, 1.807) is 0 Å². The molecule has 2 rings (SSSR count). The molecule has 0 radical (unpaired) electrons. The summed E-state index contributed by atoms with van der Waals surface area (Å²) in [7, 11) is 0. The van der Waals surface area contributed by atoms with Crippen LogP contribution in [-0.2, 0) is 12.7 Å². The number of alkyl halides is 3. The first-order valence-corrected chi connectivity index (χ1v) is 4.22. The van der Waals surface area contributed by atoms with E-state index in [1.165, 1.54) is 6.07 Å². The van der Waals surface area contributed by atoms with Crippen LogP contribution < -0.4 is 10.6 Å². The highest BCUT2D eigenvalue weighted by Gasteiger charge is 2.31. The molecule has 0 aliphatic carbocycles. The second-order valence-corrected chi connectivity index (χ2v) is 3.18. The Morgan fingerprint density at radius 1 is 1.27 bits per heavy atom. The number of carbonyl (C=O) groups excluding carboxylic acids is 1. The largest absolute Gasteiger partial charge is 0.416 e. The van der Waals surface area contributed by atoms with Crippen molar-refractivity contribution in [2.75, 3.05) is 5.32 Å². The fourth-order valence-corrected chi connectivity index (χ4v) is 1.38. The van der Waals surface area contributed by atoms with Crippen molar-refractivity contribution in [3.8, 4) is 0 Å². The van der Waals surface area contributed by atoms with Gasteiger partial charge in [0.15, 0.2) is 0 Å². The van der Waals surface area contributed by atoms with E-state index in [0.29, 0.717) is 11.3 Å². The first-order chi connectivity index (χ1) is 6.97. The Balaban J connectivity index is 2.39. The zero-order valence-electron chi connectivity index (χ0n) is 7.48. The van der Waals surface area contributed by atoms with Gasteiger partial charge in [-0.15, -0.1) is 0 Å². The van der Waals surface area contributed by atoms with E-state index in [0.717, 1.165) is 12.1 Å². The van der Waals surface area contributed by atoms with Crippen molar-refractivity contribution in [3.63, 3.8) is 0 Å². The second kappa shape index (κ2) is 3.15. The van der Waals surface area contributed by atoms with E-state index in [4.69, 9.17) is 0 Å². The van der Waals surface area contributed by atoms with Gasteiger partial charge in [-0.05, 0) is 23.8 Å². The van der Waals surface area contributed by atoms with Gasteiger partial charge in [-0.25, -0.2) is 4.79 Å². The normalized spacial score (nSPS) is 15.3. The van der Waals surface area contributed by atoms with Crippen molar-refractivity contribution < 1.29 is 18.0 Å². The van der Waals surface area contributed by atoms with E-state index in [2.05, 4.69) is 10.6 Å². The molecule has 0 aromatic heterocycles. The molecule has 2 amide bonds. The zero-order chi connectivity index (χ0) is 11.1. The van der Waals surface area contributed by atoms with Gasteiger partial charge in [0, 0.05) is 12.2 Å². The molecule has 0 fully saturated rings. The fourth-order valence-electron chi connectivity index (χ4n) is 1.38. The molecule has 1 aliphatic heterocycles. The lowest BCUT2D eigenvalue weighted by Crippen LogP contribution is -2.33. The van der Waals surface area contributed by atoms with Crippen LogP contribution in [0, 0.1) is 0 Å². The molecule has 0 saturated heterocycles. The summed E-state index contributed by atoms with van der Waals surface area (Å²) in [5.41, 5.74) is 0.148. The number of urea groups is 1. The molecule has 2 N–H and O–H groups in total. The minimum absolute atomic E-state index is 0.116. The number of rotatable bonds is 0. The molecule has 1 aromatic rings. The Labute approximate surface area is 83.3 Å². The van der Waals surface area contributed by atoms with Crippen LogP contribution in [0.2, 0.25) is 0 Å². The van der Waals surface area contributed by atoms with Gasteiger partial charge in [0.25, 0.3) is 0 Å². The number of fused-ring (bicyclic) bond motifs is 1. The molecule has 1 aliphatic rings. The molecular formula is C9H7F3N2O. The van der Waals surface area contributed by atoms with Gasteiger partial charge in [0.05, 0.1) is 5.56 Å². The second-order valence-electron chi connectivity index (χ2n) is 3.18. The van der Waals surface area contributed by atoms with Gasteiger partial charge in [0.1, 0.15) is 0 Å². The van der Waals surface area contributed by atoms with Crippen LogP contribution in [0.25, 0.3) is 0 Å². The van der Waals surface area contributed by atoms with Gasteiger partial charge in [-0.2, -0.15) is 13.2 Å². The molecule has 3 nitrogen and oxygen atoms in total. The summed E-state index contributed by atoms with van der Waals surface area (Å²) in [6.07, 6.45) is -4.35. The highest BCUT2D eigenvalue weighted by Crippen LogP contribution is 2.32. The number of benzene rings is 1. The summed E-state index contributed by atoms with van der Waals surface area (Å²) in [6.45, 7) is 0.116. The number of halogens is 3. The maximum Gasteiger partial charge on any atom is 0.416 e. The highest BCUT2D eigenvalue weighted by atomic mass is 19.4. The predicted molar refractivity (Wildman–Crippen MR) is 47.3 cm³/mol. The summed E-state index contributed by atoms with van der Waals surface area (Å²) in [4.78, 5) is 10.9. The van der Waals surface area contributed by atoms with Crippen LogP contribution in [0.1, 0.15) is 11.1 Å². The average Bonchev–Trinajstić information content (AvgIpc) is 2.15. The third kappa shape index (κ3) is 1.88. The van der Waals surface area contributed by atoms with Gasteiger partial charge in [0.2, 0.25) is 0 Å². The Kier molecular flexibility index (Phi) is 2.06. The third-order valence-electron chi connectivity index (χ3n) is 2.12. The van der Waals surface area contributed by atoms with Crippen LogP contribution in [-0.4, -0.2) is 6.03 Å². The Hall–Kier alpha value is -1.72. The minimum atomic E-state index is -4.35. The van der Waals surface area contributed by atoms with Crippen LogP contribution in [0.4, 0.5) is 23.7 Å². The number of anilines is 1. The van der Waals surface area contributed by atoms with E-state index in [1.807, 2.05) is 0 Å². The van der Waals surface area contributed by atoms with E-state index < -0.39 is 17.8 Å². The zero-order valence-corrected chi connectivity index (χ0v) is 7.48. The molecule has 0 spiro atoms. The fraction of sp³-hybridized carbons (Fsp3) is 0.222. The third-order valence-corrected chi connectivity index (χ3v) is 2.12. The van der Waals surface area contributed by atoms with Crippen molar-refractivity contribution in [3.05, 3.63) is 29.3 Å². The first kappa shape index (κ1) is 9.82. The maximum atomic E-state index is 12.3. The van der Waals surface area contributed by atoms with Gasteiger partial charge < -0.3 is 10.6 Å². The summed E-state index contributed by atoms with van der Waals surface area (Å²) in [6, 6.07) is 2.84. The number of hydrogen-bond acceptors (Lipinski definition) is 1. The summed E-state index contributed by atoms with van der Waals surface area (Å²) < 4.78 is 37.0. The molecule has 80 valence electrons. The molecule has 0 bridgehead atoms. The lowest BCUT2D eigenvalue weighted by Gasteiger charge is -2.19. The molecular weight excluding hydrogens is 209 g/mol. The van der Waals surface area contributed by atoms with Crippen LogP contribution >= 0.6 is 0 Å².